The maximum absolute atomic E-state index is 12.0. The van der Waals surface area contributed by atoms with E-state index in [1.54, 1.807) is 6.07 Å². The van der Waals surface area contributed by atoms with Gasteiger partial charge in [-0.3, -0.25) is 23.9 Å². The highest BCUT2D eigenvalue weighted by molar-refractivity contribution is 5.66. The number of carbonyl (C=O) groups is 2. The molecule has 1 aliphatic heterocycles. The molecule has 10 heteroatoms. The van der Waals surface area contributed by atoms with Gasteiger partial charge >= 0.3 is 17.6 Å². The third-order valence-electron chi connectivity index (χ3n) is 3.30. The van der Waals surface area contributed by atoms with Crippen molar-refractivity contribution in [1.29, 1.82) is 5.26 Å². The molecule has 128 valence electrons. The molecule has 0 aromatic carbocycles. The molecule has 1 aliphatic rings. The molecule has 2 heterocycles. The van der Waals surface area contributed by atoms with Crippen LogP contribution in [0.4, 0.5) is 0 Å². The number of carbonyl (C=O) groups excluding carboxylic acids is 2. The van der Waals surface area contributed by atoms with Crippen molar-refractivity contribution in [3.63, 3.8) is 0 Å². The Hall–Kier alpha value is -2.93. The minimum absolute atomic E-state index is 0.0766. The number of aromatic nitrogens is 2. The van der Waals surface area contributed by atoms with Gasteiger partial charge in [-0.05, 0) is 0 Å². The van der Waals surface area contributed by atoms with Crippen LogP contribution in [-0.2, 0) is 23.8 Å². The first-order valence-corrected chi connectivity index (χ1v) is 7.03. The second-order valence-electron chi connectivity index (χ2n) is 5.16. The minimum atomic E-state index is -1.05. The Kier molecular flexibility index (Phi) is 5.15. The number of nitrogens with zero attached hydrogens (tertiary/aromatic N) is 2. The van der Waals surface area contributed by atoms with E-state index in [0.29, 0.717) is 0 Å². The van der Waals surface area contributed by atoms with Crippen molar-refractivity contribution in [2.24, 2.45) is 0 Å². The molecule has 0 spiro atoms. The number of aromatic amines is 1. The molecule has 10 nitrogen and oxygen atoms in total. The summed E-state index contributed by atoms with van der Waals surface area (Å²) in [4.78, 5) is 47.6. The van der Waals surface area contributed by atoms with Gasteiger partial charge in [0.25, 0.3) is 5.56 Å². The molecule has 1 N–H and O–H groups in total. The van der Waals surface area contributed by atoms with Crippen molar-refractivity contribution in [2.75, 3.05) is 6.61 Å². The fraction of sp³-hybridized carbons (Fsp3) is 0.500. The normalized spacial score (nSPS) is 22.6. The molecule has 24 heavy (non-hydrogen) atoms. The quantitative estimate of drug-likeness (QED) is 0.703. The van der Waals surface area contributed by atoms with Crippen molar-refractivity contribution in [1.82, 2.24) is 9.55 Å². The molecule has 1 aromatic rings. The topological polar surface area (TPSA) is 140 Å². The van der Waals surface area contributed by atoms with Crippen LogP contribution in [-0.4, -0.2) is 40.3 Å². The van der Waals surface area contributed by atoms with Gasteiger partial charge in [0.2, 0.25) is 0 Å². The molecular weight excluding hydrogens is 322 g/mol. The largest absolute Gasteiger partial charge is 0.463 e. The molecule has 1 fully saturated rings. The molecule has 0 bridgehead atoms. The molecule has 0 aliphatic carbocycles. The zero-order valence-corrected chi connectivity index (χ0v) is 13.0. The van der Waals surface area contributed by atoms with Crippen molar-refractivity contribution >= 4 is 11.9 Å². The van der Waals surface area contributed by atoms with Crippen LogP contribution in [0.5, 0.6) is 0 Å². The van der Waals surface area contributed by atoms with Crippen molar-refractivity contribution in [3.8, 4) is 6.07 Å². The summed E-state index contributed by atoms with van der Waals surface area (Å²) in [6, 6.07) is 1.66. The van der Waals surface area contributed by atoms with Crippen molar-refractivity contribution in [3.05, 3.63) is 32.6 Å². The lowest BCUT2D eigenvalue weighted by atomic mass is 10.2. The smallest absolute Gasteiger partial charge is 0.330 e. The van der Waals surface area contributed by atoms with Crippen LogP contribution >= 0.6 is 0 Å². The number of nitrogens with one attached hydrogen (secondary N) is 1. The number of hydrogen-bond acceptors (Lipinski definition) is 8. The number of ether oxygens (including phenoxy) is 3. The molecule has 0 unspecified atom stereocenters. The maximum Gasteiger partial charge on any atom is 0.330 e. The van der Waals surface area contributed by atoms with E-state index in [1.807, 2.05) is 4.98 Å². The predicted octanol–water partition coefficient (Wildman–Crippen LogP) is -0.809. The third kappa shape index (κ3) is 3.88. The summed E-state index contributed by atoms with van der Waals surface area (Å²) in [7, 11) is 0. The first-order valence-electron chi connectivity index (χ1n) is 7.03. The van der Waals surface area contributed by atoms with E-state index < -0.39 is 41.6 Å². The molecule has 1 aromatic heterocycles. The monoisotopic (exact) mass is 337 g/mol. The van der Waals surface area contributed by atoms with Crippen molar-refractivity contribution in [2.45, 2.75) is 38.7 Å². The predicted molar refractivity (Wildman–Crippen MR) is 76.8 cm³/mol. The SMILES string of the molecule is CC(=O)OC[C@@H]1C[C@@H](OC(C)=O)[C@H](n2cc(C#N)c(=O)[nH]c2=O)O1. The van der Waals surface area contributed by atoms with Crippen LogP contribution in [0.1, 0.15) is 32.1 Å². The van der Waals surface area contributed by atoms with E-state index in [-0.39, 0.29) is 18.6 Å². The highest BCUT2D eigenvalue weighted by Crippen LogP contribution is 2.30. The summed E-state index contributed by atoms with van der Waals surface area (Å²) in [5, 5.41) is 8.92. The van der Waals surface area contributed by atoms with E-state index >= 15 is 0 Å². The van der Waals surface area contributed by atoms with Gasteiger partial charge < -0.3 is 14.2 Å². The van der Waals surface area contributed by atoms with E-state index in [1.165, 1.54) is 13.8 Å². The van der Waals surface area contributed by atoms with Crippen molar-refractivity contribution < 1.29 is 23.8 Å². The van der Waals surface area contributed by atoms with Crippen LogP contribution in [0.2, 0.25) is 0 Å². The van der Waals surface area contributed by atoms with Gasteiger partial charge in [0.15, 0.2) is 6.23 Å². The number of rotatable bonds is 4. The lowest BCUT2D eigenvalue weighted by Gasteiger charge is -2.20. The highest BCUT2D eigenvalue weighted by Gasteiger charge is 2.40. The standard InChI is InChI=1S/C14H15N3O7/c1-7(18)22-6-10-3-11(23-8(2)19)13(24-10)17-5-9(4-15)12(20)16-14(17)21/h5,10-11,13H,3,6H2,1-2H3,(H,16,20,21)/t10-,11+,13+/m0/s1. The van der Waals surface area contributed by atoms with Gasteiger partial charge in [0.1, 0.15) is 24.3 Å². The highest BCUT2D eigenvalue weighted by atomic mass is 16.6. The summed E-state index contributed by atoms with van der Waals surface area (Å²) in [5.41, 5.74) is -1.92. The van der Waals surface area contributed by atoms with E-state index in [0.717, 1.165) is 10.8 Å². The zero-order chi connectivity index (χ0) is 17.9. The van der Waals surface area contributed by atoms with E-state index in [2.05, 4.69) is 0 Å². The Labute approximate surface area is 135 Å². The number of esters is 2. The first-order chi connectivity index (χ1) is 11.3. The summed E-state index contributed by atoms with van der Waals surface area (Å²) in [6.07, 6.45) is -1.27. The summed E-state index contributed by atoms with van der Waals surface area (Å²) in [5.74, 6) is -1.08. The van der Waals surface area contributed by atoms with Gasteiger partial charge in [-0.2, -0.15) is 5.26 Å². The Morgan fingerprint density at radius 1 is 1.42 bits per heavy atom. The molecule has 0 amide bonds. The molecule has 0 radical (unpaired) electrons. The average Bonchev–Trinajstić information content (AvgIpc) is 2.87. The van der Waals surface area contributed by atoms with Gasteiger partial charge in [-0.25, -0.2) is 4.79 Å². The molecule has 1 saturated heterocycles. The van der Waals surface area contributed by atoms with Gasteiger partial charge in [-0.1, -0.05) is 0 Å². The van der Waals surface area contributed by atoms with Gasteiger partial charge in [-0.15, -0.1) is 0 Å². The Morgan fingerprint density at radius 3 is 2.71 bits per heavy atom. The Balaban J connectivity index is 2.33. The maximum atomic E-state index is 12.0. The number of H-pyrrole nitrogens is 1. The average molecular weight is 337 g/mol. The van der Waals surface area contributed by atoms with Crippen LogP contribution in [0.15, 0.2) is 15.8 Å². The fourth-order valence-electron chi connectivity index (χ4n) is 2.35. The zero-order valence-electron chi connectivity index (χ0n) is 13.0. The van der Waals surface area contributed by atoms with E-state index in [9.17, 15) is 19.2 Å². The fourth-order valence-corrected chi connectivity index (χ4v) is 2.35. The third-order valence-corrected chi connectivity index (χ3v) is 3.30. The van der Waals surface area contributed by atoms with Crippen LogP contribution < -0.4 is 11.2 Å². The number of nitriles is 1. The number of hydrogen-bond donors (Lipinski definition) is 1. The molecular formula is C14H15N3O7. The second-order valence-corrected chi connectivity index (χ2v) is 5.16. The summed E-state index contributed by atoms with van der Waals surface area (Å²) >= 11 is 0. The van der Waals surface area contributed by atoms with Crippen LogP contribution in [0.25, 0.3) is 0 Å². The molecule has 0 saturated carbocycles. The van der Waals surface area contributed by atoms with Gasteiger partial charge in [0, 0.05) is 26.5 Å². The second kappa shape index (κ2) is 7.10. The first kappa shape index (κ1) is 17.4. The molecule has 3 atom stereocenters. The minimum Gasteiger partial charge on any atom is -0.463 e. The summed E-state index contributed by atoms with van der Waals surface area (Å²) in [6.45, 7) is 2.36. The lowest BCUT2D eigenvalue weighted by molar-refractivity contribution is -0.153. The Morgan fingerprint density at radius 2 is 2.12 bits per heavy atom. The Bertz CT molecular complexity index is 804. The lowest BCUT2D eigenvalue weighted by Crippen LogP contribution is -2.37. The van der Waals surface area contributed by atoms with E-state index in [4.69, 9.17) is 19.5 Å². The van der Waals surface area contributed by atoms with Crippen LogP contribution in [0, 0.1) is 11.3 Å². The van der Waals surface area contributed by atoms with Crippen LogP contribution in [0.3, 0.4) is 0 Å². The summed E-state index contributed by atoms with van der Waals surface area (Å²) < 4.78 is 16.6. The van der Waals surface area contributed by atoms with Gasteiger partial charge in [0.05, 0.1) is 6.10 Å². The molecule has 2 rings (SSSR count).